The quantitative estimate of drug-likeness (QED) is 0.836. The number of rotatable bonds is 3. The summed E-state index contributed by atoms with van der Waals surface area (Å²) >= 11 is 0. The molecule has 0 aromatic heterocycles. The molecule has 1 aliphatic rings. The molecule has 2 nitrogen and oxygen atoms in total. The van der Waals surface area contributed by atoms with E-state index in [9.17, 15) is 8.78 Å². The molecule has 1 aliphatic heterocycles. The van der Waals surface area contributed by atoms with Crippen molar-refractivity contribution in [2.45, 2.75) is 57.5 Å². The highest BCUT2D eigenvalue weighted by Gasteiger charge is 2.41. The van der Waals surface area contributed by atoms with Crippen molar-refractivity contribution in [3.63, 3.8) is 0 Å². The van der Waals surface area contributed by atoms with Crippen LogP contribution in [0.3, 0.4) is 0 Å². The molecule has 118 valence electrons. The molecule has 1 aromatic rings. The minimum absolute atomic E-state index is 0.0681. The van der Waals surface area contributed by atoms with Crippen molar-refractivity contribution in [1.29, 1.82) is 0 Å². The Balaban J connectivity index is 2.06. The Hall–Kier alpha value is -0.783. The van der Waals surface area contributed by atoms with Gasteiger partial charge in [-0.25, -0.2) is 8.78 Å². The van der Waals surface area contributed by atoms with Gasteiger partial charge in [0.05, 0.1) is 6.10 Å². The van der Waals surface area contributed by atoms with Gasteiger partial charge in [-0.3, -0.25) is 0 Å². The van der Waals surface area contributed by atoms with Crippen molar-refractivity contribution in [2.24, 2.45) is 0 Å². The third kappa shape index (κ3) is 3.70. The minimum Gasteiger partial charge on any atom is -0.413 e. The number of benzene rings is 1. The molecule has 0 spiro atoms. The number of halogens is 2. The largest absolute Gasteiger partial charge is 0.413 e. The zero-order valence-electron chi connectivity index (χ0n) is 13.5. The zero-order valence-corrected chi connectivity index (χ0v) is 14.5. The topological polar surface area (TPSA) is 21.3 Å². The fraction of sp³-hybridized carbons (Fsp3) is 0.625. The van der Waals surface area contributed by atoms with Crippen molar-refractivity contribution in [3.8, 4) is 0 Å². The molecule has 1 N–H and O–H groups in total. The second kappa shape index (κ2) is 5.78. The van der Waals surface area contributed by atoms with E-state index in [1.807, 2.05) is 0 Å². The highest BCUT2D eigenvalue weighted by atomic mass is 28.4. The van der Waals surface area contributed by atoms with Crippen molar-refractivity contribution in [3.05, 3.63) is 35.4 Å². The van der Waals surface area contributed by atoms with E-state index in [-0.39, 0.29) is 23.0 Å². The maximum absolute atomic E-state index is 13.8. The Kier molecular flexibility index (Phi) is 4.56. The van der Waals surface area contributed by atoms with E-state index < -0.39 is 14.1 Å². The predicted molar refractivity (Wildman–Crippen MR) is 83.8 cm³/mol. The summed E-state index contributed by atoms with van der Waals surface area (Å²) in [5.41, 5.74) is 0.399. The van der Waals surface area contributed by atoms with E-state index in [1.54, 1.807) is 0 Å². The summed E-state index contributed by atoms with van der Waals surface area (Å²) < 4.78 is 33.5. The first kappa shape index (κ1) is 16.6. The number of hydrogen-bond acceptors (Lipinski definition) is 2. The second-order valence-corrected chi connectivity index (χ2v) is 12.1. The molecular formula is C16H25F2NOSi. The summed E-state index contributed by atoms with van der Waals surface area (Å²) in [5, 5.41) is 3.40. The van der Waals surface area contributed by atoms with Crippen LogP contribution in [0, 0.1) is 11.6 Å². The Morgan fingerprint density at radius 1 is 1.24 bits per heavy atom. The first-order valence-electron chi connectivity index (χ1n) is 7.46. The van der Waals surface area contributed by atoms with Crippen molar-refractivity contribution >= 4 is 8.32 Å². The molecule has 0 aliphatic carbocycles. The lowest BCUT2D eigenvalue weighted by atomic mass is 10.0. The predicted octanol–water partition coefficient (Wildman–Crippen LogP) is 4.39. The van der Waals surface area contributed by atoms with Crippen molar-refractivity contribution in [2.75, 3.05) is 6.54 Å². The Morgan fingerprint density at radius 3 is 2.52 bits per heavy atom. The van der Waals surface area contributed by atoms with Gasteiger partial charge in [-0.1, -0.05) is 20.8 Å². The highest BCUT2D eigenvalue weighted by Crippen LogP contribution is 2.39. The van der Waals surface area contributed by atoms with Crippen molar-refractivity contribution < 1.29 is 13.2 Å². The van der Waals surface area contributed by atoms with Gasteiger partial charge in [-0.2, -0.15) is 0 Å². The SMILES string of the molecule is CC(C)(C)[Si](C)(C)OC1CNC(c2cc(F)ccc2F)C1. The van der Waals surface area contributed by atoms with Crippen LogP contribution >= 0.6 is 0 Å². The average Bonchev–Trinajstić information content (AvgIpc) is 2.78. The molecule has 1 fully saturated rings. The molecule has 0 bridgehead atoms. The Labute approximate surface area is 127 Å². The van der Waals surface area contributed by atoms with Gasteiger partial charge in [0, 0.05) is 18.2 Å². The molecule has 21 heavy (non-hydrogen) atoms. The van der Waals surface area contributed by atoms with Crippen LogP contribution in [0.25, 0.3) is 0 Å². The smallest absolute Gasteiger partial charge is 0.192 e. The molecule has 2 unspecified atom stereocenters. The monoisotopic (exact) mass is 313 g/mol. The zero-order chi connectivity index (χ0) is 15.8. The van der Waals surface area contributed by atoms with E-state index >= 15 is 0 Å². The second-order valence-electron chi connectivity index (χ2n) is 7.36. The van der Waals surface area contributed by atoms with Crippen LogP contribution in [0.2, 0.25) is 18.1 Å². The molecule has 1 heterocycles. The van der Waals surface area contributed by atoms with Gasteiger partial charge in [-0.05, 0) is 42.8 Å². The number of nitrogens with one attached hydrogen (secondary N) is 1. The van der Waals surface area contributed by atoms with Crippen LogP contribution in [-0.4, -0.2) is 21.0 Å². The summed E-state index contributed by atoms with van der Waals surface area (Å²) in [4.78, 5) is 0. The molecule has 5 heteroatoms. The number of hydrogen-bond donors (Lipinski definition) is 1. The molecule has 2 rings (SSSR count). The fourth-order valence-corrected chi connectivity index (χ4v) is 3.77. The van der Waals surface area contributed by atoms with Gasteiger partial charge in [0.2, 0.25) is 0 Å². The molecule has 1 saturated heterocycles. The van der Waals surface area contributed by atoms with Crippen LogP contribution in [0.15, 0.2) is 18.2 Å². The van der Waals surface area contributed by atoms with Gasteiger partial charge in [0.15, 0.2) is 8.32 Å². The first-order chi connectivity index (χ1) is 9.60. The van der Waals surface area contributed by atoms with Crippen LogP contribution in [0.4, 0.5) is 8.78 Å². The minimum atomic E-state index is -1.83. The van der Waals surface area contributed by atoms with Crippen LogP contribution in [0.1, 0.15) is 38.8 Å². The van der Waals surface area contributed by atoms with Gasteiger partial charge in [-0.15, -0.1) is 0 Å². The van der Waals surface area contributed by atoms with E-state index in [0.29, 0.717) is 18.5 Å². The summed E-state index contributed by atoms with van der Waals surface area (Å²) in [6, 6.07) is 3.45. The van der Waals surface area contributed by atoms with Gasteiger partial charge < -0.3 is 9.74 Å². The normalized spacial score (nSPS) is 23.6. The summed E-state index contributed by atoms with van der Waals surface area (Å²) in [7, 11) is -1.83. The van der Waals surface area contributed by atoms with E-state index in [1.165, 1.54) is 12.1 Å². The van der Waals surface area contributed by atoms with E-state index in [2.05, 4.69) is 39.2 Å². The van der Waals surface area contributed by atoms with Gasteiger partial charge >= 0.3 is 0 Å². The maximum atomic E-state index is 13.8. The maximum Gasteiger partial charge on any atom is 0.192 e. The lowest BCUT2D eigenvalue weighted by molar-refractivity contribution is 0.197. The summed E-state index contributed by atoms with van der Waals surface area (Å²) in [5.74, 6) is -0.760. The summed E-state index contributed by atoms with van der Waals surface area (Å²) in [6.45, 7) is 11.7. The molecule has 0 saturated carbocycles. The van der Waals surface area contributed by atoms with Gasteiger partial charge in [0.1, 0.15) is 11.6 Å². The average molecular weight is 313 g/mol. The standard InChI is InChI=1S/C16H25F2NOSi/c1-16(2,3)21(4,5)20-12-9-15(19-10-12)13-8-11(17)6-7-14(13)18/h6-8,12,15,19H,9-10H2,1-5H3. The molecule has 1 aromatic carbocycles. The third-order valence-corrected chi connectivity index (χ3v) is 9.23. The first-order valence-corrected chi connectivity index (χ1v) is 10.4. The lowest BCUT2D eigenvalue weighted by Crippen LogP contribution is -2.44. The third-order valence-electron chi connectivity index (χ3n) is 4.69. The van der Waals surface area contributed by atoms with Crippen LogP contribution in [0.5, 0.6) is 0 Å². The lowest BCUT2D eigenvalue weighted by Gasteiger charge is -2.38. The highest BCUT2D eigenvalue weighted by molar-refractivity contribution is 6.74. The van der Waals surface area contributed by atoms with Crippen LogP contribution in [-0.2, 0) is 4.43 Å². The fourth-order valence-electron chi connectivity index (χ4n) is 2.41. The summed E-state index contributed by atoms with van der Waals surface area (Å²) in [6.07, 6.45) is 0.755. The molecule has 0 amide bonds. The Bertz CT molecular complexity index is 513. The van der Waals surface area contributed by atoms with Gasteiger partial charge in [0.25, 0.3) is 0 Å². The Morgan fingerprint density at radius 2 is 1.90 bits per heavy atom. The molecule has 2 atom stereocenters. The van der Waals surface area contributed by atoms with E-state index in [0.717, 1.165) is 6.07 Å². The van der Waals surface area contributed by atoms with E-state index in [4.69, 9.17) is 4.43 Å². The molecular weight excluding hydrogens is 288 g/mol. The van der Waals surface area contributed by atoms with Crippen molar-refractivity contribution in [1.82, 2.24) is 5.32 Å². The van der Waals surface area contributed by atoms with Crippen LogP contribution < -0.4 is 5.32 Å². The molecule has 0 radical (unpaired) electrons.